The number of unbranched alkanes of at least 4 members (excludes halogenated alkanes) is 2. The van der Waals surface area contributed by atoms with Gasteiger partial charge in [0.15, 0.2) is 0 Å². The molecule has 0 spiro atoms. The van der Waals surface area contributed by atoms with Crippen molar-refractivity contribution in [2.75, 3.05) is 19.8 Å². The predicted molar refractivity (Wildman–Crippen MR) is 88.8 cm³/mol. The highest BCUT2D eigenvalue weighted by molar-refractivity contribution is 5.75. The Labute approximate surface area is 138 Å². The standard InChI is InChI=1S/C18H27FN2O2/c1-4-5-6-11-20-17(22)21-16(12-23-13-18(21,2)3)14-7-9-15(19)10-8-14/h7-10,16H,4-6,11-13H2,1-3H3,(H,20,22). The summed E-state index contributed by atoms with van der Waals surface area (Å²) in [5.41, 5.74) is 0.481. The Balaban J connectivity index is 2.14. The second kappa shape index (κ2) is 7.77. The molecule has 1 aromatic carbocycles. The first-order valence-electron chi connectivity index (χ1n) is 8.36. The van der Waals surface area contributed by atoms with E-state index < -0.39 is 5.54 Å². The van der Waals surface area contributed by atoms with Gasteiger partial charge in [0.1, 0.15) is 5.82 Å². The van der Waals surface area contributed by atoms with E-state index in [0.717, 1.165) is 24.8 Å². The molecule has 1 N–H and O–H groups in total. The molecule has 2 amide bonds. The van der Waals surface area contributed by atoms with Gasteiger partial charge in [-0.15, -0.1) is 0 Å². The minimum Gasteiger partial charge on any atom is -0.377 e. The summed E-state index contributed by atoms with van der Waals surface area (Å²) in [7, 11) is 0. The Morgan fingerprint density at radius 2 is 2.04 bits per heavy atom. The number of hydrogen-bond donors (Lipinski definition) is 1. The summed E-state index contributed by atoms with van der Waals surface area (Å²) in [6, 6.07) is 6.02. The molecule has 1 heterocycles. The molecular formula is C18H27FN2O2. The Kier molecular flexibility index (Phi) is 5.99. The van der Waals surface area contributed by atoms with Crippen LogP contribution in [0.15, 0.2) is 24.3 Å². The molecule has 1 aliphatic rings. The summed E-state index contributed by atoms with van der Waals surface area (Å²) in [4.78, 5) is 14.6. The first-order chi connectivity index (χ1) is 11.0. The van der Waals surface area contributed by atoms with E-state index in [2.05, 4.69) is 12.2 Å². The molecule has 1 saturated heterocycles. The van der Waals surface area contributed by atoms with Crippen LogP contribution in [0.1, 0.15) is 51.6 Å². The zero-order chi connectivity index (χ0) is 16.9. The van der Waals surface area contributed by atoms with E-state index in [1.807, 2.05) is 18.7 Å². The average molecular weight is 322 g/mol. The first-order valence-corrected chi connectivity index (χ1v) is 8.36. The Morgan fingerprint density at radius 1 is 1.35 bits per heavy atom. The van der Waals surface area contributed by atoms with Crippen LogP contribution in [0, 0.1) is 5.82 Å². The molecule has 4 nitrogen and oxygen atoms in total. The molecule has 0 saturated carbocycles. The number of halogens is 1. The van der Waals surface area contributed by atoms with Crippen molar-refractivity contribution in [3.05, 3.63) is 35.6 Å². The highest BCUT2D eigenvalue weighted by Gasteiger charge is 2.41. The molecule has 0 aliphatic carbocycles. The Bertz CT molecular complexity index is 516. The van der Waals surface area contributed by atoms with Crippen molar-refractivity contribution in [3.8, 4) is 0 Å². The van der Waals surface area contributed by atoms with E-state index in [1.54, 1.807) is 12.1 Å². The van der Waals surface area contributed by atoms with E-state index in [4.69, 9.17) is 4.74 Å². The molecule has 1 aliphatic heterocycles. The molecule has 128 valence electrons. The fraction of sp³-hybridized carbons (Fsp3) is 0.611. The number of rotatable bonds is 5. The van der Waals surface area contributed by atoms with Crippen LogP contribution in [0.5, 0.6) is 0 Å². The average Bonchev–Trinajstić information content (AvgIpc) is 2.51. The number of urea groups is 1. The summed E-state index contributed by atoms with van der Waals surface area (Å²) >= 11 is 0. The molecule has 0 radical (unpaired) electrons. The molecule has 0 bridgehead atoms. The third-order valence-electron chi connectivity index (χ3n) is 4.22. The van der Waals surface area contributed by atoms with Gasteiger partial charge < -0.3 is 15.0 Å². The predicted octanol–water partition coefficient (Wildman–Crippen LogP) is 3.88. The van der Waals surface area contributed by atoms with Crippen molar-refractivity contribution in [1.29, 1.82) is 0 Å². The van der Waals surface area contributed by atoms with Crippen LogP contribution in [0.2, 0.25) is 0 Å². The molecule has 23 heavy (non-hydrogen) atoms. The first kappa shape index (κ1) is 17.7. The smallest absolute Gasteiger partial charge is 0.318 e. The number of amides is 2. The summed E-state index contributed by atoms with van der Waals surface area (Å²) in [5, 5.41) is 3.01. The van der Waals surface area contributed by atoms with Crippen molar-refractivity contribution in [1.82, 2.24) is 10.2 Å². The molecule has 2 rings (SSSR count). The Morgan fingerprint density at radius 3 is 2.70 bits per heavy atom. The van der Waals surface area contributed by atoms with Gasteiger partial charge in [-0.25, -0.2) is 9.18 Å². The van der Waals surface area contributed by atoms with Gasteiger partial charge in [-0.2, -0.15) is 0 Å². The zero-order valence-electron chi connectivity index (χ0n) is 14.3. The number of carbonyl (C=O) groups is 1. The van der Waals surface area contributed by atoms with Crippen molar-refractivity contribution in [2.24, 2.45) is 0 Å². The van der Waals surface area contributed by atoms with E-state index in [1.165, 1.54) is 12.1 Å². The van der Waals surface area contributed by atoms with Gasteiger partial charge in [-0.1, -0.05) is 31.9 Å². The quantitative estimate of drug-likeness (QED) is 0.836. The maximum absolute atomic E-state index is 13.2. The highest BCUT2D eigenvalue weighted by Crippen LogP contribution is 2.33. The third-order valence-corrected chi connectivity index (χ3v) is 4.22. The molecule has 1 unspecified atom stereocenters. The third kappa shape index (κ3) is 4.44. The summed E-state index contributed by atoms with van der Waals surface area (Å²) in [5.74, 6) is -0.277. The van der Waals surface area contributed by atoms with Gasteiger partial charge in [0.25, 0.3) is 0 Å². The minimum atomic E-state index is -0.411. The largest absolute Gasteiger partial charge is 0.377 e. The lowest BCUT2D eigenvalue weighted by Gasteiger charge is -2.47. The van der Waals surface area contributed by atoms with Gasteiger partial charge in [0.05, 0.1) is 24.8 Å². The van der Waals surface area contributed by atoms with Crippen molar-refractivity contribution in [3.63, 3.8) is 0 Å². The summed E-state index contributed by atoms with van der Waals surface area (Å²) in [6.45, 7) is 7.72. The number of carbonyl (C=O) groups excluding carboxylic acids is 1. The number of morpholine rings is 1. The number of ether oxygens (including phenoxy) is 1. The number of hydrogen-bond acceptors (Lipinski definition) is 2. The lowest BCUT2D eigenvalue weighted by Crippen LogP contribution is -2.59. The van der Waals surface area contributed by atoms with Crippen LogP contribution in [0.4, 0.5) is 9.18 Å². The SMILES string of the molecule is CCCCCNC(=O)N1C(c2ccc(F)cc2)COCC1(C)C. The normalized spacial score (nSPS) is 20.3. The van der Waals surface area contributed by atoms with E-state index >= 15 is 0 Å². The van der Waals surface area contributed by atoms with Crippen LogP contribution < -0.4 is 5.32 Å². The fourth-order valence-corrected chi connectivity index (χ4v) is 2.99. The molecule has 1 atom stereocenters. The van der Waals surface area contributed by atoms with Crippen LogP contribution in [-0.2, 0) is 4.74 Å². The van der Waals surface area contributed by atoms with Gasteiger partial charge >= 0.3 is 6.03 Å². The van der Waals surface area contributed by atoms with Crippen molar-refractivity contribution in [2.45, 2.75) is 51.6 Å². The van der Waals surface area contributed by atoms with Gasteiger partial charge in [-0.05, 0) is 38.0 Å². The monoisotopic (exact) mass is 322 g/mol. The number of nitrogens with one attached hydrogen (secondary N) is 1. The van der Waals surface area contributed by atoms with Crippen LogP contribution >= 0.6 is 0 Å². The number of benzene rings is 1. The number of nitrogens with zero attached hydrogens (tertiary/aromatic N) is 1. The fourth-order valence-electron chi connectivity index (χ4n) is 2.99. The van der Waals surface area contributed by atoms with E-state index in [-0.39, 0.29) is 17.9 Å². The van der Waals surface area contributed by atoms with Crippen molar-refractivity contribution < 1.29 is 13.9 Å². The lowest BCUT2D eigenvalue weighted by atomic mass is 9.95. The molecule has 0 aromatic heterocycles. The molecule has 1 aromatic rings. The van der Waals surface area contributed by atoms with Gasteiger partial charge in [0, 0.05) is 6.54 Å². The van der Waals surface area contributed by atoms with E-state index in [9.17, 15) is 9.18 Å². The molecular weight excluding hydrogens is 295 g/mol. The van der Waals surface area contributed by atoms with Crippen LogP contribution in [-0.4, -0.2) is 36.2 Å². The second-order valence-electron chi connectivity index (χ2n) is 6.70. The van der Waals surface area contributed by atoms with Gasteiger partial charge in [-0.3, -0.25) is 0 Å². The summed E-state index contributed by atoms with van der Waals surface area (Å²) in [6.07, 6.45) is 3.21. The molecule has 1 fully saturated rings. The Hall–Kier alpha value is -1.62. The zero-order valence-corrected chi connectivity index (χ0v) is 14.3. The van der Waals surface area contributed by atoms with E-state index in [0.29, 0.717) is 19.8 Å². The second-order valence-corrected chi connectivity index (χ2v) is 6.70. The summed E-state index contributed by atoms with van der Waals surface area (Å²) < 4.78 is 18.9. The van der Waals surface area contributed by atoms with Crippen molar-refractivity contribution >= 4 is 6.03 Å². The molecule has 5 heteroatoms. The minimum absolute atomic E-state index is 0.0799. The lowest BCUT2D eigenvalue weighted by molar-refractivity contribution is -0.0656. The maximum atomic E-state index is 13.2. The van der Waals surface area contributed by atoms with Gasteiger partial charge in [0.2, 0.25) is 0 Å². The topological polar surface area (TPSA) is 41.6 Å². The highest BCUT2D eigenvalue weighted by atomic mass is 19.1. The van der Waals surface area contributed by atoms with Crippen LogP contribution in [0.3, 0.4) is 0 Å². The van der Waals surface area contributed by atoms with Crippen LogP contribution in [0.25, 0.3) is 0 Å². The maximum Gasteiger partial charge on any atom is 0.318 e.